The molecule has 0 aromatic heterocycles. The first-order valence-corrected chi connectivity index (χ1v) is 6.86. The van der Waals surface area contributed by atoms with Gasteiger partial charge in [-0.2, -0.15) is 0 Å². The van der Waals surface area contributed by atoms with Gasteiger partial charge >= 0.3 is 5.97 Å². The zero-order chi connectivity index (χ0) is 13.0. The molecule has 6 heteroatoms. The molecule has 17 heavy (non-hydrogen) atoms. The lowest BCUT2D eigenvalue weighted by atomic mass is 9.70. The number of ether oxygens (including phenoxy) is 1. The van der Waals surface area contributed by atoms with Crippen LogP contribution >= 0.6 is 11.8 Å². The van der Waals surface area contributed by atoms with Gasteiger partial charge in [0.2, 0.25) is 11.4 Å². The average molecular weight is 259 g/mol. The van der Waals surface area contributed by atoms with E-state index in [1.165, 1.54) is 11.8 Å². The Bertz CT molecular complexity index is 386. The molecule has 2 saturated heterocycles. The van der Waals surface area contributed by atoms with Crippen molar-refractivity contribution in [3.8, 4) is 0 Å². The molecule has 0 spiro atoms. The minimum Gasteiger partial charge on any atom is -0.452 e. The zero-order valence-electron chi connectivity index (χ0n) is 10.3. The van der Waals surface area contributed by atoms with Gasteiger partial charge in [-0.15, -0.1) is 11.8 Å². The third-order valence-electron chi connectivity index (χ3n) is 3.78. The minimum atomic E-state index is -1.27. The molecule has 2 N–H and O–H groups in total. The molecule has 0 saturated carbocycles. The highest BCUT2D eigenvalue weighted by atomic mass is 32.2. The predicted octanol–water partition coefficient (Wildman–Crippen LogP) is -0.0810. The first-order chi connectivity index (χ1) is 7.81. The average Bonchev–Trinajstić information content (AvgIpc) is 2.41. The van der Waals surface area contributed by atoms with Gasteiger partial charge in [0.15, 0.2) is 5.60 Å². The number of aliphatic hydroxyl groups is 1. The molecule has 96 valence electrons. The Hall–Kier alpha value is -0.750. The molecule has 2 rings (SSSR count). The molecule has 2 aliphatic heterocycles. The van der Waals surface area contributed by atoms with Crippen LogP contribution in [0.2, 0.25) is 0 Å². The summed E-state index contributed by atoms with van der Waals surface area (Å²) in [7, 11) is 0. The Morgan fingerprint density at radius 1 is 1.47 bits per heavy atom. The summed E-state index contributed by atoms with van der Waals surface area (Å²) in [4.78, 5) is 23.7. The fraction of sp³-hybridized carbons (Fsp3) is 0.818. The van der Waals surface area contributed by atoms with Gasteiger partial charge in [-0.25, -0.2) is 4.79 Å². The maximum absolute atomic E-state index is 11.9. The van der Waals surface area contributed by atoms with Crippen molar-refractivity contribution in [3.63, 3.8) is 0 Å². The smallest absolute Gasteiger partial charge is 0.339 e. The summed E-state index contributed by atoms with van der Waals surface area (Å²) < 4.78 is 5.20. The van der Waals surface area contributed by atoms with Crippen LogP contribution in [0.5, 0.6) is 0 Å². The Morgan fingerprint density at radius 3 is 2.47 bits per heavy atom. The fourth-order valence-electron chi connectivity index (χ4n) is 2.78. The van der Waals surface area contributed by atoms with Gasteiger partial charge in [0.05, 0.1) is 6.10 Å². The second kappa shape index (κ2) is 3.62. The van der Waals surface area contributed by atoms with E-state index >= 15 is 0 Å². The van der Waals surface area contributed by atoms with Crippen LogP contribution in [0, 0.1) is 5.92 Å². The molecule has 0 aromatic rings. The molecule has 4 atom stereocenters. The lowest BCUT2D eigenvalue weighted by molar-refractivity contribution is -0.228. The monoisotopic (exact) mass is 259 g/mol. The van der Waals surface area contributed by atoms with Gasteiger partial charge in [-0.1, -0.05) is 13.8 Å². The second-order valence-corrected chi connectivity index (χ2v) is 6.04. The number of esters is 1. The first kappa shape index (κ1) is 12.7. The molecule has 1 amide bonds. The number of carbonyl (C=O) groups excluding carboxylic acids is 2. The van der Waals surface area contributed by atoms with Gasteiger partial charge in [-0.3, -0.25) is 4.79 Å². The SMILES string of the molecule is CSC1C(=O)NC2([C@@H](O)C(C)C)C(=O)O[C@@]12C. The number of fused-ring (bicyclic) bond motifs is 1. The molecule has 2 aliphatic rings. The topological polar surface area (TPSA) is 75.6 Å². The number of hydrogen-bond acceptors (Lipinski definition) is 5. The van der Waals surface area contributed by atoms with Crippen LogP contribution in [0.15, 0.2) is 0 Å². The highest BCUT2D eigenvalue weighted by Gasteiger charge is 2.79. The van der Waals surface area contributed by atoms with Crippen molar-refractivity contribution in [2.45, 2.75) is 43.3 Å². The van der Waals surface area contributed by atoms with Crippen LogP contribution in [0.3, 0.4) is 0 Å². The molecule has 0 bridgehead atoms. The quantitative estimate of drug-likeness (QED) is 0.693. The molecule has 2 unspecified atom stereocenters. The van der Waals surface area contributed by atoms with E-state index in [2.05, 4.69) is 5.32 Å². The molecule has 5 nitrogen and oxygen atoms in total. The summed E-state index contributed by atoms with van der Waals surface area (Å²) in [6.07, 6.45) is 0.856. The molecule has 0 radical (unpaired) electrons. The number of nitrogens with one attached hydrogen (secondary N) is 1. The predicted molar refractivity (Wildman–Crippen MR) is 63.5 cm³/mol. The van der Waals surface area contributed by atoms with Crippen molar-refractivity contribution in [2.75, 3.05) is 6.26 Å². The van der Waals surface area contributed by atoms with Crippen LogP contribution in [-0.4, -0.2) is 45.7 Å². The van der Waals surface area contributed by atoms with Gasteiger partial charge in [-0.05, 0) is 19.1 Å². The van der Waals surface area contributed by atoms with E-state index in [-0.39, 0.29) is 11.8 Å². The van der Waals surface area contributed by atoms with E-state index < -0.39 is 28.5 Å². The summed E-state index contributed by atoms with van der Waals surface area (Å²) in [6.45, 7) is 5.33. The lowest BCUT2D eigenvalue weighted by Gasteiger charge is -2.53. The zero-order valence-corrected chi connectivity index (χ0v) is 11.1. The third kappa shape index (κ3) is 1.25. The molecule has 0 aromatic carbocycles. The van der Waals surface area contributed by atoms with Crippen molar-refractivity contribution in [1.29, 1.82) is 0 Å². The number of hydrogen-bond donors (Lipinski definition) is 2. The van der Waals surface area contributed by atoms with E-state index in [1.54, 1.807) is 13.2 Å². The number of aliphatic hydroxyl groups excluding tert-OH is 1. The van der Waals surface area contributed by atoms with Crippen molar-refractivity contribution >= 4 is 23.6 Å². The third-order valence-corrected chi connectivity index (χ3v) is 4.91. The van der Waals surface area contributed by atoms with Gasteiger partial charge in [0, 0.05) is 0 Å². The molecular weight excluding hydrogens is 242 g/mol. The maximum Gasteiger partial charge on any atom is 0.339 e. The van der Waals surface area contributed by atoms with Gasteiger partial charge in [0.1, 0.15) is 5.25 Å². The fourth-order valence-corrected chi connectivity index (χ4v) is 3.73. The number of thioether (sulfide) groups is 1. The molecular formula is C11H17NO4S. The summed E-state index contributed by atoms with van der Waals surface area (Å²) in [6, 6.07) is 0. The number of carbonyl (C=O) groups is 2. The molecule has 2 fully saturated rings. The normalized spacial score (nSPS) is 41.6. The Labute approximate surface area is 104 Å². The Morgan fingerprint density at radius 2 is 2.06 bits per heavy atom. The van der Waals surface area contributed by atoms with E-state index in [4.69, 9.17) is 4.74 Å². The lowest BCUT2D eigenvalue weighted by Crippen LogP contribution is -2.80. The van der Waals surface area contributed by atoms with E-state index in [9.17, 15) is 14.7 Å². The standard InChI is InChI=1S/C11H17NO4S/c1-5(2)6(13)11-9(15)16-10(11,3)7(17-4)8(14)12-11/h5-7,13H,1-4H3,(H,12,14)/t6-,7?,10-,11?/m0/s1. The summed E-state index contributed by atoms with van der Waals surface area (Å²) >= 11 is 1.33. The van der Waals surface area contributed by atoms with Crippen LogP contribution in [-0.2, 0) is 14.3 Å². The largest absolute Gasteiger partial charge is 0.452 e. The minimum absolute atomic E-state index is 0.136. The first-order valence-electron chi connectivity index (χ1n) is 5.57. The highest BCUT2D eigenvalue weighted by Crippen LogP contribution is 2.51. The maximum atomic E-state index is 11.9. The van der Waals surface area contributed by atoms with Crippen LogP contribution in [0.25, 0.3) is 0 Å². The summed E-state index contributed by atoms with van der Waals surface area (Å²) in [5, 5.41) is 12.4. The van der Waals surface area contributed by atoms with Gasteiger partial charge in [0.25, 0.3) is 0 Å². The Balaban J connectivity index is 2.45. The van der Waals surface area contributed by atoms with Crippen LogP contribution in [0.1, 0.15) is 20.8 Å². The summed E-state index contributed by atoms with van der Waals surface area (Å²) in [5.74, 6) is -0.917. The van der Waals surface area contributed by atoms with Crippen molar-refractivity contribution in [3.05, 3.63) is 0 Å². The molecule has 0 aliphatic carbocycles. The van der Waals surface area contributed by atoms with E-state index in [1.807, 2.05) is 13.8 Å². The van der Waals surface area contributed by atoms with E-state index in [0.29, 0.717) is 0 Å². The highest BCUT2D eigenvalue weighted by molar-refractivity contribution is 8.00. The second-order valence-electron chi connectivity index (χ2n) is 5.10. The summed E-state index contributed by atoms with van der Waals surface area (Å²) in [5.41, 5.74) is -2.23. The van der Waals surface area contributed by atoms with Crippen LogP contribution < -0.4 is 5.32 Å². The van der Waals surface area contributed by atoms with Gasteiger partial charge < -0.3 is 15.2 Å². The van der Waals surface area contributed by atoms with Crippen molar-refractivity contribution < 1.29 is 19.4 Å². The molecule has 2 heterocycles. The van der Waals surface area contributed by atoms with E-state index in [0.717, 1.165) is 0 Å². The van der Waals surface area contributed by atoms with Crippen molar-refractivity contribution in [2.24, 2.45) is 5.92 Å². The Kier molecular flexibility index (Phi) is 2.70. The number of amides is 1. The van der Waals surface area contributed by atoms with Crippen molar-refractivity contribution in [1.82, 2.24) is 5.32 Å². The van der Waals surface area contributed by atoms with Crippen LogP contribution in [0.4, 0.5) is 0 Å². The number of rotatable bonds is 3.